The second-order valence-corrected chi connectivity index (χ2v) is 7.75. The number of benzene rings is 2. The van der Waals surface area contributed by atoms with Crippen LogP contribution < -0.4 is 10.1 Å². The van der Waals surface area contributed by atoms with Crippen LogP contribution in [0.3, 0.4) is 0 Å². The van der Waals surface area contributed by atoms with Gasteiger partial charge in [0.15, 0.2) is 0 Å². The number of nitrogens with one attached hydrogen (secondary N) is 1. The van der Waals surface area contributed by atoms with Crippen molar-refractivity contribution in [3.05, 3.63) is 66.7 Å². The van der Waals surface area contributed by atoms with Crippen LogP contribution in [0.4, 0.5) is 5.69 Å². The molecule has 2 aliphatic carbocycles. The first-order valence-corrected chi connectivity index (χ1v) is 9.76. The van der Waals surface area contributed by atoms with E-state index in [0.717, 1.165) is 11.3 Å². The van der Waals surface area contributed by atoms with Gasteiger partial charge in [0, 0.05) is 11.8 Å². The monoisotopic (exact) mass is 388 g/mol. The maximum Gasteiger partial charge on any atom is 0.244 e. The molecule has 0 aromatic heterocycles. The minimum Gasteiger partial charge on any atom is -0.457 e. The van der Waals surface area contributed by atoms with Crippen molar-refractivity contribution in [3.63, 3.8) is 0 Å². The second kappa shape index (κ2) is 6.88. The van der Waals surface area contributed by atoms with Crippen LogP contribution in [0.2, 0.25) is 0 Å². The van der Waals surface area contributed by atoms with Crippen LogP contribution in [0.5, 0.6) is 11.5 Å². The fourth-order valence-corrected chi connectivity index (χ4v) is 4.73. The average molecular weight is 388 g/mol. The Morgan fingerprint density at radius 1 is 0.931 bits per heavy atom. The molecule has 0 radical (unpaired) electrons. The van der Waals surface area contributed by atoms with Crippen molar-refractivity contribution >= 4 is 23.4 Å². The maximum absolute atomic E-state index is 12.7. The van der Waals surface area contributed by atoms with E-state index >= 15 is 0 Å². The SMILES string of the molecule is O=C(CN1C(=O)C2C3C=CC(C3)C2C1=O)Nc1cccc(Oc2ccccc2)c1. The molecule has 2 aromatic rings. The Bertz CT molecular complexity index is 987. The summed E-state index contributed by atoms with van der Waals surface area (Å²) in [5.74, 6) is 0.159. The van der Waals surface area contributed by atoms with Gasteiger partial charge in [0.2, 0.25) is 17.7 Å². The van der Waals surface area contributed by atoms with Gasteiger partial charge in [-0.05, 0) is 42.5 Å². The Morgan fingerprint density at radius 2 is 1.59 bits per heavy atom. The number of hydrogen-bond donors (Lipinski definition) is 1. The number of amides is 3. The molecule has 2 fully saturated rings. The molecule has 146 valence electrons. The van der Waals surface area contributed by atoms with Crippen molar-refractivity contribution in [2.75, 3.05) is 11.9 Å². The van der Waals surface area contributed by atoms with Crippen molar-refractivity contribution < 1.29 is 19.1 Å². The molecule has 6 nitrogen and oxygen atoms in total. The smallest absolute Gasteiger partial charge is 0.244 e. The highest BCUT2D eigenvalue weighted by Gasteiger charge is 2.59. The van der Waals surface area contributed by atoms with E-state index in [2.05, 4.69) is 5.32 Å². The van der Waals surface area contributed by atoms with E-state index in [1.807, 2.05) is 42.5 Å². The molecule has 1 heterocycles. The molecule has 1 N–H and O–H groups in total. The summed E-state index contributed by atoms with van der Waals surface area (Å²) < 4.78 is 5.77. The highest BCUT2D eigenvalue weighted by atomic mass is 16.5. The largest absolute Gasteiger partial charge is 0.457 e. The Morgan fingerprint density at radius 3 is 2.28 bits per heavy atom. The van der Waals surface area contributed by atoms with Crippen molar-refractivity contribution in [2.45, 2.75) is 6.42 Å². The van der Waals surface area contributed by atoms with Crippen molar-refractivity contribution in [3.8, 4) is 11.5 Å². The number of allylic oxidation sites excluding steroid dienone is 2. The predicted molar refractivity (Wildman–Crippen MR) is 106 cm³/mol. The Kier molecular flexibility index (Phi) is 4.19. The molecule has 4 unspecified atom stereocenters. The highest BCUT2D eigenvalue weighted by Crippen LogP contribution is 2.52. The number of carbonyl (C=O) groups excluding carboxylic acids is 3. The van der Waals surface area contributed by atoms with E-state index in [0.29, 0.717) is 17.2 Å². The molecule has 0 spiro atoms. The van der Waals surface area contributed by atoms with Gasteiger partial charge in [-0.15, -0.1) is 0 Å². The van der Waals surface area contributed by atoms with Gasteiger partial charge >= 0.3 is 0 Å². The summed E-state index contributed by atoms with van der Waals surface area (Å²) >= 11 is 0. The molecule has 1 aliphatic heterocycles. The highest BCUT2D eigenvalue weighted by molar-refractivity contribution is 6.09. The number of rotatable bonds is 5. The lowest BCUT2D eigenvalue weighted by atomic mass is 9.85. The van der Waals surface area contributed by atoms with Gasteiger partial charge in [0.25, 0.3) is 0 Å². The lowest BCUT2D eigenvalue weighted by Crippen LogP contribution is -2.39. The van der Waals surface area contributed by atoms with Crippen LogP contribution in [0.1, 0.15) is 6.42 Å². The number of imide groups is 1. The van der Waals surface area contributed by atoms with Crippen LogP contribution in [0.15, 0.2) is 66.7 Å². The van der Waals surface area contributed by atoms with Crippen LogP contribution >= 0.6 is 0 Å². The fraction of sp³-hybridized carbons (Fsp3) is 0.261. The number of likely N-dealkylation sites (tertiary alicyclic amines) is 1. The minimum atomic E-state index is -0.399. The first-order valence-electron chi connectivity index (χ1n) is 9.76. The number of fused-ring (bicyclic) bond motifs is 5. The number of carbonyl (C=O) groups is 3. The Labute approximate surface area is 168 Å². The normalized spacial score (nSPS) is 26.7. The van der Waals surface area contributed by atoms with Crippen LogP contribution in [0.25, 0.3) is 0 Å². The average Bonchev–Trinajstić information content (AvgIpc) is 3.39. The molecule has 1 saturated carbocycles. The number of nitrogens with zero attached hydrogens (tertiary/aromatic N) is 1. The van der Waals surface area contributed by atoms with E-state index < -0.39 is 5.91 Å². The van der Waals surface area contributed by atoms with Crippen molar-refractivity contribution in [2.24, 2.45) is 23.7 Å². The molecular formula is C23H20N2O4. The van der Waals surface area contributed by atoms with Gasteiger partial charge < -0.3 is 10.1 Å². The van der Waals surface area contributed by atoms with E-state index in [1.165, 1.54) is 0 Å². The quantitative estimate of drug-likeness (QED) is 0.630. The molecule has 3 aliphatic rings. The van der Waals surface area contributed by atoms with E-state index in [4.69, 9.17) is 4.74 Å². The van der Waals surface area contributed by atoms with Crippen LogP contribution in [-0.4, -0.2) is 29.2 Å². The molecule has 5 rings (SSSR count). The van der Waals surface area contributed by atoms with Gasteiger partial charge in [-0.1, -0.05) is 36.4 Å². The molecule has 1 saturated heterocycles. The first-order chi connectivity index (χ1) is 14.1. The van der Waals surface area contributed by atoms with Crippen molar-refractivity contribution in [1.29, 1.82) is 0 Å². The zero-order chi connectivity index (χ0) is 20.0. The Hall–Kier alpha value is -3.41. The summed E-state index contributed by atoms with van der Waals surface area (Å²) in [6, 6.07) is 16.3. The molecule has 3 amide bonds. The van der Waals surface area contributed by atoms with Gasteiger partial charge in [-0.25, -0.2) is 0 Å². The Balaban J connectivity index is 1.24. The lowest BCUT2D eigenvalue weighted by Gasteiger charge is -2.17. The summed E-state index contributed by atoms with van der Waals surface area (Å²) in [6.07, 6.45) is 4.96. The van der Waals surface area contributed by atoms with E-state index in [-0.39, 0.29) is 42.0 Å². The van der Waals surface area contributed by atoms with Crippen LogP contribution in [-0.2, 0) is 14.4 Å². The van der Waals surface area contributed by atoms with E-state index in [1.54, 1.807) is 24.3 Å². The second-order valence-electron chi connectivity index (χ2n) is 7.75. The maximum atomic E-state index is 12.7. The summed E-state index contributed by atoms with van der Waals surface area (Å²) in [5, 5.41) is 2.76. The molecule has 6 heteroatoms. The van der Waals surface area contributed by atoms with Crippen molar-refractivity contribution in [1.82, 2.24) is 4.90 Å². The van der Waals surface area contributed by atoms with Gasteiger partial charge in [-0.2, -0.15) is 0 Å². The van der Waals surface area contributed by atoms with Gasteiger partial charge in [0.05, 0.1) is 11.8 Å². The fourth-order valence-electron chi connectivity index (χ4n) is 4.73. The van der Waals surface area contributed by atoms with Gasteiger partial charge in [-0.3, -0.25) is 19.3 Å². The molecule has 2 aromatic carbocycles. The standard InChI is InChI=1S/C23H20N2O4/c26-19(13-25-22(27)20-14-9-10-15(11-14)21(20)23(25)28)24-16-5-4-8-18(12-16)29-17-6-2-1-3-7-17/h1-10,12,14-15,20-21H,11,13H2,(H,24,26). The summed E-state index contributed by atoms with van der Waals surface area (Å²) in [4.78, 5) is 39.0. The predicted octanol–water partition coefficient (Wildman–Crippen LogP) is 3.22. The minimum absolute atomic E-state index is 0.140. The molecular weight excluding hydrogens is 368 g/mol. The third kappa shape index (κ3) is 3.10. The number of anilines is 1. The lowest BCUT2D eigenvalue weighted by molar-refractivity contribution is -0.143. The third-order valence-corrected chi connectivity index (χ3v) is 5.96. The first kappa shape index (κ1) is 17.7. The number of para-hydroxylation sites is 1. The topological polar surface area (TPSA) is 75.7 Å². The number of hydrogen-bond acceptors (Lipinski definition) is 4. The number of ether oxygens (including phenoxy) is 1. The van der Waals surface area contributed by atoms with Crippen LogP contribution in [0, 0.1) is 23.7 Å². The molecule has 2 bridgehead atoms. The molecule has 4 atom stereocenters. The summed E-state index contributed by atoms with van der Waals surface area (Å²) in [7, 11) is 0. The summed E-state index contributed by atoms with van der Waals surface area (Å²) in [6.45, 7) is -0.256. The summed E-state index contributed by atoms with van der Waals surface area (Å²) in [5.41, 5.74) is 0.546. The van der Waals surface area contributed by atoms with E-state index in [9.17, 15) is 14.4 Å². The zero-order valence-corrected chi connectivity index (χ0v) is 15.7. The third-order valence-electron chi connectivity index (χ3n) is 5.96. The molecule has 29 heavy (non-hydrogen) atoms. The van der Waals surface area contributed by atoms with Gasteiger partial charge in [0.1, 0.15) is 18.0 Å². The zero-order valence-electron chi connectivity index (χ0n) is 15.7.